The fourth-order valence-corrected chi connectivity index (χ4v) is 1.45. The topological polar surface area (TPSA) is 40.9 Å². The summed E-state index contributed by atoms with van der Waals surface area (Å²) in [6, 6.07) is 1.98. The molecule has 0 aromatic rings. The SMILES string of the molecule is C=C(C#N)/C=C(\C=C/C)C1CC(=O)C1. The van der Waals surface area contributed by atoms with E-state index in [0.717, 1.165) is 5.57 Å². The van der Waals surface area contributed by atoms with Crippen LogP contribution in [-0.4, -0.2) is 5.78 Å². The molecule has 1 aliphatic rings. The van der Waals surface area contributed by atoms with Crippen LogP contribution >= 0.6 is 0 Å². The van der Waals surface area contributed by atoms with Gasteiger partial charge in [-0.2, -0.15) is 5.26 Å². The summed E-state index contributed by atoms with van der Waals surface area (Å²) in [5.74, 6) is 0.594. The second-order valence-corrected chi connectivity index (χ2v) is 3.43. The Morgan fingerprint density at radius 1 is 1.64 bits per heavy atom. The minimum Gasteiger partial charge on any atom is -0.300 e. The maximum absolute atomic E-state index is 10.8. The summed E-state index contributed by atoms with van der Waals surface area (Å²) in [5, 5.41) is 8.59. The number of allylic oxidation sites excluding steroid dienone is 5. The summed E-state index contributed by atoms with van der Waals surface area (Å²) >= 11 is 0. The Morgan fingerprint density at radius 2 is 2.29 bits per heavy atom. The van der Waals surface area contributed by atoms with E-state index in [4.69, 9.17) is 5.26 Å². The molecule has 1 saturated carbocycles. The van der Waals surface area contributed by atoms with Crippen LogP contribution in [0.15, 0.2) is 36.0 Å². The first-order valence-electron chi connectivity index (χ1n) is 4.62. The number of rotatable bonds is 3. The van der Waals surface area contributed by atoms with Gasteiger partial charge in [0.05, 0.1) is 6.07 Å². The Balaban J connectivity index is 2.75. The highest BCUT2D eigenvalue weighted by Gasteiger charge is 2.28. The Hall–Kier alpha value is -1.62. The number of carbonyl (C=O) groups excluding carboxylic acids is 1. The third-order valence-corrected chi connectivity index (χ3v) is 2.26. The van der Waals surface area contributed by atoms with Gasteiger partial charge in [0, 0.05) is 18.4 Å². The molecule has 0 saturated heterocycles. The van der Waals surface area contributed by atoms with Crippen molar-refractivity contribution in [2.24, 2.45) is 5.92 Å². The molecule has 1 aliphatic carbocycles. The zero-order valence-electron chi connectivity index (χ0n) is 8.29. The van der Waals surface area contributed by atoms with E-state index in [9.17, 15) is 4.79 Å². The van der Waals surface area contributed by atoms with Gasteiger partial charge in [-0.1, -0.05) is 18.7 Å². The van der Waals surface area contributed by atoms with Crippen LogP contribution in [-0.2, 0) is 4.79 Å². The van der Waals surface area contributed by atoms with Crippen molar-refractivity contribution in [3.63, 3.8) is 0 Å². The average Bonchev–Trinajstić information content (AvgIpc) is 2.12. The molecule has 1 rings (SSSR count). The molecule has 2 heteroatoms. The summed E-state index contributed by atoms with van der Waals surface area (Å²) in [7, 11) is 0. The maximum atomic E-state index is 10.8. The lowest BCUT2D eigenvalue weighted by molar-refractivity contribution is -0.125. The van der Waals surface area contributed by atoms with E-state index in [1.54, 1.807) is 6.08 Å². The second-order valence-electron chi connectivity index (χ2n) is 3.43. The van der Waals surface area contributed by atoms with Gasteiger partial charge in [-0.15, -0.1) is 0 Å². The Bertz CT molecular complexity index is 347. The van der Waals surface area contributed by atoms with Crippen molar-refractivity contribution in [3.05, 3.63) is 36.0 Å². The Kier molecular flexibility index (Phi) is 3.41. The minimum absolute atomic E-state index is 0.295. The first kappa shape index (κ1) is 10.5. The maximum Gasteiger partial charge on any atom is 0.134 e. The number of nitrogens with zero attached hydrogens (tertiary/aromatic N) is 1. The van der Waals surface area contributed by atoms with Gasteiger partial charge < -0.3 is 0 Å². The van der Waals surface area contributed by atoms with Crippen molar-refractivity contribution in [2.45, 2.75) is 19.8 Å². The lowest BCUT2D eigenvalue weighted by Crippen LogP contribution is -2.24. The largest absolute Gasteiger partial charge is 0.300 e. The van der Waals surface area contributed by atoms with Gasteiger partial charge in [-0.25, -0.2) is 0 Å². The van der Waals surface area contributed by atoms with E-state index in [1.165, 1.54) is 0 Å². The summed E-state index contributed by atoms with van der Waals surface area (Å²) in [5.41, 5.74) is 1.48. The summed E-state index contributed by atoms with van der Waals surface area (Å²) in [6.45, 7) is 5.52. The van der Waals surface area contributed by atoms with Crippen LogP contribution in [0.2, 0.25) is 0 Å². The van der Waals surface area contributed by atoms with Gasteiger partial charge in [-0.3, -0.25) is 4.79 Å². The molecule has 0 N–H and O–H groups in total. The molecule has 0 amide bonds. The van der Waals surface area contributed by atoms with Crippen molar-refractivity contribution < 1.29 is 4.79 Å². The number of carbonyl (C=O) groups is 1. The first-order chi connectivity index (χ1) is 6.67. The molecule has 2 nitrogen and oxygen atoms in total. The molecule has 0 aromatic carbocycles. The Labute approximate surface area is 84.2 Å². The second kappa shape index (κ2) is 4.57. The third kappa shape index (κ3) is 2.43. The molecule has 14 heavy (non-hydrogen) atoms. The van der Waals surface area contributed by atoms with Crippen molar-refractivity contribution in [2.75, 3.05) is 0 Å². The molecule has 72 valence electrons. The van der Waals surface area contributed by atoms with Crippen LogP contribution < -0.4 is 0 Å². The predicted molar refractivity (Wildman–Crippen MR) is 55.4 cm³/mol. The molecule has 0 heterocycles. The highest BCUT2D eigenvalue weighted by Crippen LogP contribution is 2.31. The normalized spacial score (nSPS) is 18.0. The molecule has 0 bridgehead atoms. The molecular formula is C12H13NO. The van der Waals surface area contributed by atoms with E-state index >= 15 is 0 Å². The first-order valence-corrected chi connectivity index (χ1v) is 4.62. The van der Waals surface area contributed by atoms with Crippen molar-refractivity contribution >= 4 is 5.78 Å². The minimum atomic E-state index is 0.295. The summed E-state index contributed by atoms with van der Waals surface area (Å²) < 4.78 is 0. The van der Waals surface area contributed by atoms with Crippen LogP contribution in [0, 0.1) is 17.2 Å². The number of nitriles is 1. The molecule has 1 fully saturated rings. The van der Waals surface area contributed by atoms with Gasteiger partial charge in [-0.05, 0) is 24.5 Å². The molecular weight excluding hydrogens is 174 g/mol. The molecule has 0 aromatic heterocycles. The van der Waals surface area contributed by atoms with E-state index in [2.05, 4.69) is 6.58 Å². The summed E-state index contributed by atoms with van der Waals surface area (Å²) in [4.78, 5) is 10.8. The predicted octanol–water partition coefficient (Wildman–Crippen LogP) is 2.55. The number of hydrogen-bond donors (Lipinski definition) is 0. The lowest BCUT2D eigenvalue weighted by atomic mass is 9.78. The van der Waals surface area contributed by atoms with Gasteiger partial charge in [0.25, 0.3) is 0 Å². The summed E-state index contributed by atoms with van der Waals surface area (Å²) in [6.07, 6.45) is 6.83. The fraction of sp³-hybridized carbons (Fsp3) is 0.333. The van der Waals surface area contributed by atoms with E-state index < -0.39 is 0 Å². The fourth-order valence-electron chi connectivity index (χ4n) is 1.45. The smallest absolute Gasteiger partial charge is 0.134 e. The van der Waals surface area contributed by atoms with Crippen molar-refractivity contribution in [1.82, 2.24) is 0 Å². The zero-order valence-corrected chi connectivity index (χ0v) is 8.29. The van der Waals surface area contributed by atoms with Crippen LogP contribution in [0.3, 0.4) is 0 Å². The third-order valence-electron chi connectivity index (χ3n) is 2.26. The van der Waals surface area contributed by atoms with Gasteiger partial charge in [0.15, 0.2) is 0 Å². The van der Waals surface area contributed by atoms with Gasteiger partial charge >= 0.3 is 0 Å². The average molecular weight is 187 g/mol. The molecule has 0 aliphatic heterocycles. The standard InChI is InChI=1S/C12H13NO/c1-3-4-10(5-9(2)8-13)11-6-12(14)7-11/h3-5,11H,2,6-7H2,1H3/b4-3-,10-5+. The van der Waals surface area contributed by atoms with Crippen LogP contribution in [0.5, 0.6) is 0 Å². The molecule has 0 radical (unpaired) electrons. The lowest BCUT2D eigenvalue weighted by Gasteiger charge is -2.25. The number of hydrogen-bond acceptors (Lipinski definition) is 2. The van der Waals surface area contributed by atoms with E-state index in [-0.39, 0.29) is 0 Å². The van der Waals surface area contributed by atoms with Gasteiger partial charge in [0.2, 0.25) is 0 Å². The molecule has 0 unspecified atom stereocenters. The molecule has 0 atom stereocenters. The highest BCUT2D eigenvalue weighted by atomic mass is 16.1. The molecule has 0 spiro atoms. The highest BCUT2D eigenvalue weighted by molar-refractivity contribution is 5.85. The zero-order chi connectivity index (χ0) is 10.6. The quantitative estimate of drug-likeness (QED) is 0.503. The van der Waals surface area contributed by atoms with E-state index in [1.807, 2.05) is 25.1 Å². The van der Waals surface area contributed by atoms with Crippen molar-refractivity contribution in [3.8, 4) is 6.07 Å². The van der Waals surface area contributed by atoms with Crippen LogP contribution in [0.25, 0.3) is 0 Å². The van der Waals surface area contributed by atoms with Crippen LogP contribution in [0.1, 0.15) is 19.8 Å². The van der Waals surface area contributed by atoms with Crippen molar-refractivity contribution in [1.29, 1.82) is 5.26 Å². The Morgan fingerprint density at radius 3 is 2.71 bits per heavy atom. The van der Waals surface area contributed by atoms with E-state index in [0.29, 0.717) is 30.1 Å². The van der Waals surface area contributed by atoms with Gasteiger partial charge in [0.1, 0.15) is 5.78 Å². The van der Waals surface area contributed by atoms with Crippen LogP contribution in [0.4, 0.5) is 0 Å². The number of Topliss-reactive ketones (excluding diaryl/α,β-unsaturated/α-hetero) is 1. The monoisotopic (exact) mass is 187 g/mol. The number of ketones is 1.